The van der Waals surface area contributed by atoms with Crippen LogP contribution in [0, 0.1) is 0 Å². The van der Waals surface area contributed by atoms with E-state index in [0.29, 0.717) is 6.54 Å². The number of fused-ring (bicyclic) bond motifs is 9. The van der Waals surface area contributed by atoms with Crippen molar-refractivity contribution in [3.8, 4) is 33.8 Å². The van der Waals surface area contributed by atoms with Crippen molar-refractivity contribution in [3.63, 3.8) is 0 Å². The van der Waals surface area contributed by atoms with Crippen molar-refractivity contribution >= 4 is 5.70 Å². The quantitative estimate of drug-likeness (QED) is 0.181. The van der Waals surface area contributed by atoms with Crippen LogP contribution in [0.5, 0.6) is 11.5 Å². The minimum atomic E-state index is -0.470. The second kappa shape index (κ2) is 12.4. The lowest BCUT2D eigenvalue weighted by Crippen LogP contribution is -2.32. The zero-order valence-electron chi connectivity index (χ0n) is 27.6. The molecule has 9 rings (SSSR count). The molecule has 0 radical (unpaired) electrons. The average Bonchev–Trinajstić information content (AvgIpc) is 3.47. The van der Waals surface area contributed by atoms with E-state index in [0.717, 1.165) is 33.9 Å². The van der Waals surface area contributed by atoms with Crippen LogP contribution in [0.1, 0.15) is 45.0 Å². The average molecular weight is 645 g/mol. The Kier molecular flexibility index (Phi) is 7.41. The van der Waals surface area contributed by atoms with Crippen LogP contribution < -0.4 is 15.8 Å². The van der Waals surface area contributed by atoms with E-state index in [9.17, 15) is 0 Å². The highest BCUT2D eigenvalue weighted by Crippen LogP contribution is 2.62. The van der Waals surface area contributed by atoms with E-state index in [1.54, 1.807) is 0 Å². The van der Waals surface area contributed by atoms with Crippen molar-refractivity contribution in [2.24, 2.45) is 5.73 Å². The Morgan fingerprint density at radius 3 is 1.90 bits per heavy atom. The third kappa shape index (κ3) is 4.94. The van der Waals surface area contributed by atoms with Crippen molar-refractivity contribution in [3.05, 3.63) is 221 Å². The summed E-state index contributed by atoms with van der Waals surface area (Å²) in [6.45, 7) is 0.697. The van der Waals surface area contributed by atoms with Gasteiger partial charge in [0, 0.05) is 23.4 Å². The molecule has 0 aromatic heterocycles. The van der Waals surface area contributed by atoms with Crippen LogP contribution in [-0.2, 0) is 12.0 Å². The number of rotatable bonds is 7. The highest BCUT2D eigenvalue weighted by atomic mass is 16.5. The summed E-state index contributed by atoms with van der Waals surface area (Å²) < 4.78 is 6.51. The van der Waals surface area contributed by atoms with Gasteiger partial charge >= 0.3 is 0 Å². The minimum Gasteiger partial charge on any atom is -0.457 e. The molecule has 1 heterocycles. The van der Waals surface area contributed by atoms with E-state index in [1.165, 1.54) is 44.5 Å². The molecule has 1 spiro atoms. The fourth-order valence-corrected chi connectivity index (χ4v) is 7.91. The van der Waals surface area contributed by atoms with Crippen LogP contribution in [0.3, 0.4) is 0 Å². The van der Waals surface area contributed by atoms with Crippen LogP contribution >= 0.6 is 0 Å². The van der Waals surface area contributed by atoms with Gasteiger partial charge in [0.05, 0.1) is 11.5 Å². The van der Waals surface area contributed by atoms with Crippen molar-refractivity contribution in [2.75, 3.05) is 0 Å². The van der Waals surface area contributed by atoms with E-state index >= 15 is 0 Å². The molecule has 1 unspecified atom stereocenters. The zero-order chi connectivity index (χ0) is 33.5. The van der Waals surface area contributed by atoms with Gasteiger partial charge in [-0.2, -0.15) is 0 Å². The lowest BCUT2D eigenvalue weighted by Gasteiger charge is -2.39. The topological polar surface area (TPSA) is 47.3 Å². The van der Waals surface area contributed by atoms with Gasteiger partial charge in [-0.3, -0.25) is 0 Å². The van der Waals surface area contributed by atoms with Gasteiger partial charge in [-0.15, -0.1) is 0 Å². The Labute approximate surface area is 293 Å². The number of hydrogen-bond acceptors (Lipinski definition) is 3. The zero-order valence-corrected chi connectivity index (χ0v) is 27.6. The highest BCUT2D eigenvalue weighted by molar-refractivity contribution is 5.90. The van der Waals surface area contributed by atoms with Gasteiger partial charge in [0.2, 0.25) is 0 Å². The predicted molar refractivity (Wildman–Crippen MR) is 204 cm³/mol. The number of ether oxygens (including phenoxy) is 1. The lowest BCUT2D eigenvalue weighted by molar-refractivity contribution is 0.436. The van der Waals surface area contributed by atoms with Crippen LogP contribution in [0.25, 0.3) is 28.0 Å². The molecule has 0 amide bonds. The SMILES string of the molecule is NC(/C=C(\NCc1ccccc1)c1cccc(-c2ccc3c(c2)-c2ccccc2C32c3ccccc3Oc3ccccc32)c1)c1ccccc1. The van der Waals surface area contributed by atoms with Crippen LogP contribution in [0.15, 0.2) is 182 Å². The Morgan fingerprint density at radius 2 is 1.16 bits per heavy atom. The third-order valence-corrected chi connectivity index (χ3v) is 10.2. The van der Waals surface area contributed by atoms with E-state index in [4.69, 9.17) is 10.5 Å². The summed E-state index contributed by atoms with van der Waals surface area (Å²) in [6, 6.07) is 62.1. The predicted octanol–water partition coefficient (Wildman–Crippen LogP) is 10.7. The largest absolute Gasteiger partial charge is 0.457 e. The van der Waals surface area contributed by atoms with E-state index in [-0.39, 0.29) is 6.04 Å². The molecule has 2 aliphatic rings. The summed E-state index contributed by atoms with van der Waals surface area (Å²) in [6.07, 6.45) is 2.14. The maximum atomic E-state index is 6.77. The Hall–Kier alpha value is -6.16. The van der Waals surface area contributed by atoms with Crippen LogP contribution in [0.4, 0.5) is 0 Å². The Morgan fingerprint density at radius 1 is 0.560 bits per heavy atom. The third-order valence-electron chi connectivity index (χ3n) is 10.2. The number of nitrogens with one attached hydrogen (secondary N) is 1. The Bertz CT molecular complexity index is 2330. The minimum absolute atomic E-state index is 0.254. The fraction of sp³-hybridized carbons (Fsp3) is 0.0638. The van der Waals surface area contributed by atoms with Crippen molar-refractivity contribution in [1.29, 1.82) is 0 Å². The molecule has 1 aliphatic heterocycles. The van der Waals surface area contributed by atoms with Gasteiger partial charge in [0.15, 0.2) is 0 Å². The molecule has 3 heteroatoms. The first kappa shape index (κ1) is 29.9. The highest BCUT2D eigenvalue weighted by Gasteiger charge is 2.50. The molecule has 50 heavy (non-hydrogen) atoms. The summed E-state index contributed by atoms with van der Waals surface area (Å²) in [5.74, 6) is 1.81. The number of para-hydroxylation sites is 2. The van der Waals surface area contributed by atoms with Gasteiger partial charge < -0.3 is 15.8 Å². The van der Waals surface area contributed by atoms with E-state index in [1.807, 2.05) is 24.3 Å². The van der Waals surface area contributed by atoms with Crippen molar-refractivity contribution in [2.45, 2.75) is 18.0 Å². The molecular formula is C47H36N2O. The summed E-state index contributed by atoms with van der Waals surface area (Å²) >= 11 is 0. The smallest absolute Gasteiger partial charge is 0.132 e. The molecule has 1 aliphatic carbocycles. The first-order valence-corrected chi connectivity index (χ1v) is 17.2. The van der Waals surface area contributed by atoms with Gasteiger partial charge in [-0.1, -0.05) is 152 Å². The fourth-order valence-electron chi connectivity index (χ4n) is 7.91. The first-order valence-electron chi connectivity index (χ1n) is 17.2. The summed E-state index contributed by atoms with van der Waals surface area (Å²) in [5, 5.41) is 3.71. The molecule has 7 aromatic rings. The van der Waals surface area contributed by atoms with Crippen molar-refractivity contribution < 1.29 is 4.74 Å². The van der Waals surface area contributed by atoms with E-state index in [2.05, 4.69) is 163 Å². The summed E-state index contributed by atoms with van der Waals surface area (Å²) in [4.78, 5) is 0. The van der Waals surface area contributed by atoms with E-state index < -0.39 is 5.41 Å². The number of nitrogens with two attached hydrogens (primary N) is 1. The molecule has 0 bridgehead atoms. The summed E-state index contributed by atoms with van der Waals surface area (Å²) in [7, 11) is 0. The lowest BCUT2D eigenvalue weighted by atomic mass is 9.66. The molecule has 3 nitrogen and oxygen atoms in total. The molecule has 240 valence electrons. The molecule has 3 N–H and O–H groups in total. The van der Waals surface area contributed by atoms with Gasteiger partial charge in [0.25, 0.3) is 0 Å². The van der Waals surface area contributed by atoms with Gasteiger partial charge in [0.1, 0.15) is 11.5 Å². The second-order valence-electron chi connectivity index (χ2n) is 13.1. The first-order chi connectivity index (χ1) is 24.7. The molecule has 0 fully saturated rings. The summed E-state index contributed by atoms with van der Waals surface area (Å²) in [5.41, 5.74) is 20.4. The monoisotopic (exact) mass is 644 g/mol. The van der Waals surface area contributed by atoms with Crippen molar-refractivity contribution in [1.82, 2.24) is 5.32 Å². The molecule has 0 saturated heterocycles. The standard InChI is InChI=1S/C47H36N2O/c48-43(33-16-5-2-6-17-33)30-44(49-31-32-14-3-1-4-15-32)36-19-13-18-34(28-36)35-26-27-40-38(29-35)37-20-7-8-21-39(37)47(40)41-22-9-11-24-45(41)50-46-25-12-10-23-42(46)47/h1-30,43,49H,31,48H2/b44-30-. The molecule has 1 atom stereocenters. The van der Waals surface area contributed by atoms with Gasteiger partial charge in [-0.05, 0) is 80.4 Å². The second-order valence-corrected chi connectivity index (χ2v) is 13.1. The van der Waals surface area contributed by atoms with Gasteiger partial charge in [-0.25, -0.2) is 0 Å². The van der Waals surface area contributed by atoms with Crippen LogP contribution in [-0.4, -0.2) is 0 Å². The molecular weight excluding hydrogens is 609 g/mol. The normalized spacial score (nSPS) is 14.1. The van der Waals surface area contributed by atoms with Crippen LogP contribution in [0.2, 0.25) is 0 Å². The molecule has 7 aromatic carbocycles. The number of hydrogen-bond donors (Lipinski definition) is 2. The maximum Gasteiger partial charge on any atom is 0.132 e. The Balaban J connectivity index is 1.16. The molecule has 0 saturated carbocycles. The maximum absolute atomic E-state index is 6.77. The number of benzene rings is 7.